The van der Waals surface area contributed by atoms with Crippen molar-refractivity contribution >= 4 is 33.8 Å². The third-order valence-electron chi connectivity index (χ3n) is 5.46. The zero-order chi connectivity index (χ0) is 20.2. The first-order chi connectivity index (χ1) is 14.2. The van der Waals surface area contributed by atoms with Gasteiger partial charge in [0.15, 0.2) is 6.67 Å². The fraction of sp³-hybridized carbons (Fsp3) is 0.280. The van der Waals surface area contributed by atoms with Crippen LogP contribution in [0.3, 0.4) is 0 Å². The highest BCUT2D eigenvalue weighted by atomic mass is 16.2. The first kappa shape index (κ1) is 19.3. The maximum atomic E-state index is 13.4. The molecule has 0 fully saturated rings. The Morgan fingerprint density at radius 3 is 2.31 bits per heavy atom. The Morgan fingerprint density at radius 1 is 0.862 bits per heavy atom. The van der Waals surface area contributed by atoms with Crippen LogP contribution in [0, 0.1) is 0 Å². The molecule has 0 unspecified atom stereocenters. The van der Waals surface area contributed by atoms with E-state index < -0.39 is 0 Å². The van der Waals surface area contributed by atoms with Crippen molar-refractivity contribution in [3.8, 4) is 0 Å². The number of aliphatic imine (C=N–C) groups is 1. The Balaban J connectivity index is 1.70. The summed E-state index contributed by atoms with van der Waals surface area (Å²) < 4.78 is 0. The summed E-state index contributed by atoms with van der Waals surface area (Å²) in [5.74, 6) is 0.00376. The van der Waals surface area contributed by atoms with Gasteiger partial charge in [0.25, 0.3) is 5.91 Å². The average Bonchev–Trinajstić information content (AvgIpc) is 3.00. The Labute approximate surface area is 172 Å². The molecule has 148 valence electrons. The Hall–Kier alpha value is -2.98. The Morgan fingerprint density at radius 2 is 1.55 bits per heavy atom. The molecule has 0 bridgehead atoms. The minimum Gasteiger partial charge on any atom is -0.317 e. The zero-order valence-electron chi connectivity index (χ0n) is 17.2. The van der Waals surface area contributed by atoms with Crippen molar-refractivity contribution in [1.29, 1.82) is 0 Å². The van der Waals surface area contributed by atoms with Gasteiger partial charge in [-0.05, 0) is 41.8 Å². The number of rotatable bonds is 7. The van der Waals surface area contributed by atoms with Crippen molar-refractivity contribution in [1.82, 2.24) is 0 Å². The molecule has 3 aromatic carbocycles. The molecule has 1 aliphatic rings. The SMILES string of the molecule is CCC[NH+](CCC)CN1C(=O)C(=Nc2ccc3ccccc3c2)c2ccccc21. The van der Waals surface area contributed by atoms with E-state index in [4.69, 9.17) is 4.99 Å². The van der Waals surface area contributed by atoms with Crippen LogP contribution in [0.15, 0.2) is 71.7 Å². The lowest BCUT2D eigenvalue weighted by Gasteiger charge is -2.24. The lowest BCUT2D eigenvalue weighted by atomic mass is 10.1. The molecule has 4 rings (SSSR count). The van der Waals surface area contributed by atoms with Gasteiger partial charge >= 0.3 is 0 Å². The topological polar surface area (TPSA) is 37.1 Å². The summed E-state index contributed by atoms with van der Waals surface area (Å²) in [5, 5.41) is 2.31. The molecule has 0 atom stereocenters. The molecule has 0 aliphatic carbocycles. The summed E-state index contributed by atoms with van der Waals surface area (Å²) in [4.78, 5) is 21.5. The van der Waals surface area contributed by atoms with Gasteiger partial charge in [-0.3, -0.25) is 9.69 Å². The molecule has 0 spiro atoms. The van der Waals surface area contributed by atoms with Gasteiger partial charge in [0, 0.05) is 5.56 Å². The first-order valence-electron chi connectivity index (χ1n) is 10.5. The fourth-order valence-corrected chi connectivity index (χ4v) is 4.12. The number of quaternary nitrogens is 1. The molecule has 1 aliphatic heterocycles. The number of hydrogen-bond donors (Lipinski definition) is 1. The molecule has 29 heavy (non-hydrogen) atoms. The van der Waals surface area contributed by atoms with Crippen molar-refractivity contribution in [2.75, 3.05) is 24.7 Å². The van der Waals surface area contributed by atoms with Crippen molar-refractivity contribution in [3.05, 3.63) is 72.3 Å². The molecule has 4 heteroatoms. The van der Waals surface area contributed by atoms with Gasteiger partial charge in [-0.2, -0.15) is 0 Å². The van der Waals surface area contributed by atoms with Crippen molar-refractivity contribution in [3.63, 3.8) is 0 Å². The smallest absolute Gasteiger partial charge is 0.281 e. The lowest BCUT2D eigenvalue weighted by molar-refractivity contribution is -0.898. The van der Waals surface area contributed by atoms with Gasteiger partial charge in [0.1, 0.15) is 5.71 Å². The van der Waals surface area contributed by atoms with E-state index in [1.807, 2.05) is 53.4 Å². The summed E-state index contributed by atoms with van der Waals surface area (Å²) in [6.45, 7) is 7.21. The molecule has 0 aromatic heterocycles. The highest BCUT2D eigenvalue weighted by molar-refractivity contribution is 6.54. The summed E-state index contributed by atoms with van der Waals surface area (Å²) in [6.07, 6.45) is 2.22. The quantitative estimate of drug-likeness (QED) is 0.655. The maximum absolute atomic E-state index is 13.4. The molecule has 1 amide bonds. The van der Waals surface area contributed by atoms with Crippen LogP contribution in [0.25, 0.3) is 10.8 Å². The predicted octanol–water partition coefficient (Wildman–Crippen LogP) is 3.97. The number of benzene rings is 3. The molecule has 0 saturated heterocycles. The fourth-order valence-electron chi connectivity index (χ4n) is 4.12. The van der Waals surface area contributed by atoms with Crippen LogP contribution in [0.5, 0.6) is 0 Å². The van der Waals surface area contributed by atoms with Crippen LogP contribution in [0.2, 0.25) is 0 Å². The van der Waals surface area contributed by atoms with Crippen molar-refractivity contribution in [2.24, 2.45) is 4.99 Å². The van der Waals surface area contributed by atoms with Gasteiger partial charge in [-0.25, -0.2) is 4.99 Å². The predicted molar refractivity (Wildman–Crippen MR) is 120 cm³/mol. The second kappa shape index (κ2) is 8.58. The lowest BCUT2D eigenvalue weighted by Crippen LogP contribution is -3.13. The van der Waals surface area contributed by atoms with Crippen LogP contribution >= 0.6 is 0 Å². The molecule has 4 nitrogen and oxygen atoms in total. The molecule has 1 heterocycles. The van der Waals surface area contributed by atoms with Gasteiger partial charge in [-0.15, -0.1) is 0 Å². The highest BCUT2D eigenvalue weighted by Crippen LogP contribution is 2.30. The minimum atomic E-state index is 0.00376. The van der Waals surface area contributed by atoms with Crippen LogP contribution in [-0.2, 0) is 4.79 Å². The molecule has 3 aromatic rings. The largest absolute Gasteiger partial charge is 0.317 e. The number of amides is 1. The third kappa shape index (κ3) is 3.94. The molecule has 1 N–H and O–H groups in total. The van der Waals surface area contributed by atoms with Crippen LogP contribution in [0.4, 0.5) is 11.4 Å². The number of nitrogens with one attached hydrogen (secondary N) is 1. The number of anilines is 1. The number of para-hydroxylation sites is 1. The summed E-state index contributed by atoms with van der Waals surface area (Å²) in [7, 11) is 0. The van der Waals surface area contributed by atoms with E-state index >= 15 is 0 Å². The Bertz CT molecular complexity index is 1050. The minimum absolute atomic E-state index is 0.00376. The van der Waals surface area contributed by atoms with E-state index in [0.717, 1.165) is 48.3 Å². The standard InChI is InChI=1S/C25H27N3O/c1-3-15-27(16-4-2)18-28-23-12-8-7-11-22(23)24(25(28)29)26-21-14-13-19-9-5-6-10-20(19)17-21/h5-14,17H,3-4,15-16,18H2,1-2H3/p+1. The second-order valence-corrected chi connectivity index (χ2v) is 7.65. The number of carbonyl (C=O) groups is 1. The maximum Gasteiger partial charge on any atom is 0.281 e. The summed E-state index contributed by atoms with van der Waals surface area (Å²) in [5.41, 5.74) is 3.26. The van der Waals surface area contributed by atoms with Crippen molar-refractivity contribution in [2.45, 2.75) is 26.7 Å². The summed E-state index contributed by atoms with van der Waals surface area (Å²) in [6, 6.07) is 22.3. The van der Waals surface area contributed by atoms with Crippen LogP contribution in [0.1, 0.15) is 32.3 Å². The molecular weight excluding hydrogens is 358 g/mol. The van der Waals surface area contributed by atoms with E-state index in [1.165, 1.54) is 10.3 Å². The van der Waals surface area contributed by atoms with Gasteiger partial charge < -0.3 is 4.90 Å². The van der Waals surface area contributed by atoms with Gasteiger partial charge in [-0.1, -0.05) is 62.4 Å². The third-order valence-corrected chi connectivity index (χ3v) is 5.46. The number of carbonyl (C=O) groups excluding carboxylic acids is 1. The van der Waals surface area contributed by atoms with Crippen LogP contribution < -0.4 is 9.80 Å². The van der Waals surface area contributed by atoms with Crippen LogP contribution in [-0.4, -0.2) is 31.4 Å². The van der Waals surface area contributed by atoms with Crippen molar-refractivity contribution < 1.29 is 9.69 Å². The van der Waals surface area contributed by atoms with E-state index in [0.29, 0.717) is 12.4 Å². The summed E-state index contributed by atoms with van der Waals surface area (Å²) >= 11 is 0. The van der Waals surface area contributed by atoms with Gasteiger partial charge in [0.05, 0.1) is 24.5 Å². The van der Waals surface area contributed by atoms with E-state index in [2.05, 4.69) is 32.0 Å². The average molecular weight is 387 g/mol. The zero-order valence-corrected chi connectivity index (χ0v) is 17.2. The Kier molecular flexibility index (Phi) is 5.72. The second-order valence-electron chi connectivity index (χ2n) is 7.65. The molecular formula is C25H28N3O+. The van der Waals surface area contributed by atoms with E-state index in [-0.39, 0.29) is 5.91 Å². The monoisotopic (exact) mass is 386 g/mol. The van der Waals surface area contributed by atoms with E-state index in [9.17, 15) is 4.79 Å². The normalized spacial score (nSPS) is 14.9. The van der Waals surface area contributed by atoms with E-state index in [1.54, 1.807) is 0 Å². The molecule has 0 saturated carbocycles. The van der Waals surface area contributed by atoms with Gasteiger partial charge in [0.2, 0.25) is 0 Å². The first-order valence-corrected chi connectivity index (χ1v) is 10.5. The number of fused-ring (bicyclic) bond motifs is 2. The number of hydrogen-bond acceptors (Lipinski definition) is 2. The molecule has 0 radical (unpaired) electrons. The number of nitrogens with zero attached hydrogens (tertiary/aromatic N) is 2. The highest BCUT2D eigenvalue weighted by Gasteiger charge is 2.35.